The van der Waals surface area contributed by atoms with Crippen molar-refractivity contribution in [2.75, 3.05) is 6.54 Å². The highest BCUT2D eigenvalue weighted by molar-refractivity contribution is 5.76. The lowest BCUT2D eigenvalue weighted by atomic mass is 9.96. The number of carbonyl (C=O) groups excluding carboxylic acids is 1. The van der Waals surface area contributed by atoms with Crippen molar-refractivity contribution in [3.05, 3.63) is 71.3 Å². The number of amides is 1. The van der Waals surface area contributed by atoms with Crippen LogP contribution in [0.5, 0.6) is 0 Å². The highest BCUT2D eigenvalue weighted by Crippen LogP contribution is 2.17. The zero-order valence-electron chi connectivity index (χ0n) is 13.9. The molecule has 1 atom stereocenters. The van der Waals surface area contributed by atoms with Crippen LogP contribution >= 0.6 is 0 Å². The van der Waals surface area contributed by atoms with E-state index in [2.05, 4.69) is 19.2 Å². The summed E-state index contributed by atoms with van der Waals surface area (Å²) < 4.78 is 26.6. The third-order valence-electron chi connectivity index (χ3n) is 3.96. The number of rotatable bonds is 7. The Labute approximate surface area is 141 Å². The second-order valence-electron chi connectivity index (χ2n) is 6.13. The third kappa shape index (κ3) is 5.13. The third-order valence-corrected chi connectivity index (χ3v) is 3.96. The fourth-order valence-electron chi connectivity index (χ4n) is 2.62. The highest BCUT2D eigenvalue weighted by atomic mass is 19.1. The molecule has 0 aliphatic carbocycles. The molecule has 2 aromatic carbocycles. The van der Waals surface area contributed by atoms with E-state index in [0.29, 0.717) is 5.56 Å². The molecule has 0 saturated heterocycles. The molecule has 0 unspecified atom stereocenters. The van der Waals surface area contributed by atoms with Crippen LogP contribution in [0.15, 0.2) is 48.5 Å². The van der Waals surface area contributed by atoms with E-state index in [1.807, 2.05) is 5.32 Å². The summed E-state index contributed by atoms with van der Waals surface area (Å²) in [5.41, 5.74) is 1.44. The predicted octanol–water partition coefficient (Wildman–Crippen LogP) is 2.54. The Bertz CT molecular complexity index is 671. The summed E-state index contributed by atoms with van der Waals surface area (Å²) in [6.07, 6.45) is 0. The Kier molecular flexibility index (Phi) is 6.44. The van der Waals surface area contributed by atoms with Crippen molar-refractivity contribution < 1.29 is 18.9 Å². The largest absolute Gasteiger partial charge is 0.347 e. The Morgan fingerprint density at radius 2 is 1.75 bits per heavy atom. The van der Waals surface area contributed by atoms with Crippen molar-refractivity contribution in [1.29, 1.82) is 0 Å². The van der Waals surface area contributed by atoms with Crippen LogP contribution in [0.3, 0.4) is 0 Å². The zero-order valence-corrected chi connectivity index (χ0v) is 13.9. The van der Waals surface area contributed by atoms with Crippen LogP contribution in [-0.2, 0) is 11.3 Å². The molecule has 0 aromatic heterocycles. The molecule has 0 aliphatic heterocycles. The van der Waals surface area contributed by atoms with E-state index in [1.165, 1.54) is 18.2 Å². The first-order chi connectivity index (χ1) is 11.5. The van der Waals surface area contributed by atoms with Crippen LogP contribution in [0.2, 0.25) is 0 Å². The molecular weight excluding hydrogens is 310 g/mol. The SMILES string of the molecule is CC(C)[C@H]([NH2+]CC(=O)NCc1ccccc1F)c1ccc(F)cc1. The molecule has 5 heteroatoms. The molecule has 3 nitrogen and oxygen atoms in total. The molecule has 3 N–H and O–H groups in total. The summed E-state index contributed by atoms with van der Waals surface area (Å²) in [5, 5.41) is 4.65. The summed E-state index contributed by atoms with van der Waals surface area (Å²) in [7, 11) is 0. The summed E-state index contributed by atoms with van der Waals surface area (Å²) in [6, 6.07) is 12.8. The van der Waals surface area contributed by atoms with Gasteiger partial charge in [-0.1, -0.05) is 44.2 Å². The van der Waals surface area contributed by atoms with E-state index in [9.17, 15) is 13.6 Å². The minimum Gasteiger partial charge on any atom is -0.347 e. The molecule has 0 fully saturated rings. The maximum atomic E-state index is 13.5. The molecule has 1 amide bonds. The number of quaternary nitrogens is 1. The van der Waals surface area contributed by atoms with Crippen molar-refractivity contribution in [1.82, 2.24) is 5.32 Å². The van der Waals surface area contributed by atoms with Gasteiger partial charge in [0.05, 0.1) is 0 Å². The van der Waals surface area contributed by atoms with Crippen molar-refractivity contribution >= 4 is 5.91 Å². The second-order valence-corrected chi connectivity index (χ2v) is 6.13. The van der Waals surface area contributed by atoms with Gasteiger partial charge < -0.3 is 10.6 Å². The fraction of sp³-hybridized carbons (Fsp3) is 0.316. The van der Waals surface area contributed by atoms with Gasteiger partial charge in [-0.05, 0) is 18.2 Å². The van der Waals surface area contributed by atoms with Crippen molar-refractivity contribution in [2.24, 2.45) is 5.92 Å². The minimum absolute atomic E-state index is 0.0600. The molecule has 0 radical (unpaired) electrons. The number of carbonyl (C=O) groups is 1. The average Bonchev–Trinajstić information content (AvgIpc) is 2.55. The Balaban J connectivity index is 1.88. The summed E-state index contributed by atoms with van der Waals surface area (Å²) in [4.78, 5) is 12.0. The maximum Gasteiger partial charge on any atom is 0.275 e. The van der Waals surface area contributed by atoms with E-state index in [0.717, 1.165) is 5.56 Å². The molecular formula is C19H23F2N2O+. The zero-order chi connectivity index (χ0) is 17.5. The highest BCUT2D eigenvalue weighted by Gasteiger charge is 2.20. The van der Waals surface area contributed by atoms with Gasteiger partial charge in [0.1, 0.15) is 17.7 Å². The number of halogens is 2. The van der Waals surface area contributed by atoms with E-state index in [-0.39, 0.29) is 42.6 Å². The fourth-order valence-corrected chi connectivity index (χ4v) is 2.62. The quantitative estimate of drug-likeness (QED) is 0.804. The number of nitrogens with one attached hydrogen (secondary N) is 1. The Morgan fingerprint density at radius 3 is 2.38 bits per heavy atom. The summed E-state index contributed by atoms with van der Waals surface area (Å²) in [5.74, 6) is -0.474. The lowest BCUT2D eigenvalue weighted by molar-refractivity contribution is -0.692. The first-order valence-corrected chi connectivity index (χ1v) is 8.06. The van der Waals surface area contributed by atoms with Crippen LogP contribution in [0.1, 0.15) is 31.0 Å². The van der Waals surface area contributed by atoms with Gasteiger partial charge in [-0.2, -0.15) is 0 Å². The molecule has 128 valence electrons. The smallest absolute Gasteiger partial charge is 0.275 e. The van der Waals surface area contributed by atoms with E-state index < -0.39 is 0 Å². The van der Waals surface area contributed by atoms with Crippen molar-refractivity contribution in [3.8, 4) is 0 Å². The van der Waals surface area contributed by atoms with E-state index in [1.54, 1.807) is 30.3 Å². The number of hydrogen-bond donors (Lipinski definition) is 2. The molecule has 0 spiro atoms. The summed E-state index contributed by atoms with van der Waals surface area (Å²) >= 11 is 0. The normalized spacial score (nSPS) is 12.2. The molecule has 0 aliphatic rings. The second kappa shape index (κ2) is 8.55. The van der Waals surface area contributed by atoms with Gasteiger partial charge in [-0.3, -0.25) is 4.79 Å². The maximum absolute atomic E-state index is 13.5. The van der Waals surface area contributed by atoms with Gasteiger partial charge in [0.2, 0.25) is 0 Å². The van der Waals surface area contributed by atoms with Crippen LogP contribution in [0.4, 0.5) is 8.78 Å². The first kappa shape index (κ1) is 18.1. The average molecular weight is 333 g/mol. The van der Waals surface area contributed by atoms with Gasteiger partial charge >= 0.3 is 0 Å². The van der Waals surface area contributed by atoms with E-state index in [4.69, 9.17) is 0 Å². The predicted molar refractivity (Wildman–Crippen MR) is 89.0 cm³/mol. The Hall–Kier alpha value is -2.27. The minimum atomic E-state index is -0.326. The van der Waals surface area contributed by atoms with Crippen LogP contribution in [0.25, 0.3) is 0 Å². The van der Waals surface area contributed by atoms with Gasteiger partial charge in [0, 0.05) is 23.6 Å². The van der Waals surface area contributed by atoms with Crippen LogP contribution < -0.4 is 10.6 Å². The Morgan fingerprint density at radius 1 is 1.08 bits per heavy atom. The van der Waals surface area contributed by atoms with Crippen molar-refractivity contribution in [3.63, 3.8) is 0 Å². The molecule has 0 saturated carbocycles. The topological polar surface area (TPSA) is 45.7 Å². The first-order valence-electron chi connectivity index (χ1n) is 8.06. The number of hydrogen-bond acceptors (Lipinski definition) is 1. The van der Waals surface area contributed by atoms with E-state index >= 15 is 0 Å². The van der Waals surface area contributed by atoms with Crippen LogP contribution in [-0.4, -0.2) is 12.5 Å². The standard InChI is InChI=1S/C19H22F2N2O/c1-13(2)19(14-7-9-16(20)10-8-14)23-12-18(24)22-11-15-5-3-4-6-17(15)21/h3-10,13,19,23H,11-12H2,1-2H3,(H,22,24)/p+1/t19-/m0/s1. The molecule has 0 bridgehead atoms. The van der Waals surface area contributed by atoms with Gasteiger partial charge in [-0.25, -0.2) is 8.78 Å². The molecule has 2 aromatic rings. The molecule has 0 heterocycles. The van der Waals surface area contributed by atoms with Crippen molar-refractivity contribution in [2.45, 2.75) is 26.4 Å². The summed E-state index contributed by atoms with van der Waals surface area (Å²) in [6.45, 7) is 4.51. The molecule has 24 heavy (non-hydrogen) atoms. The molecule has 2 rings (SSSR count). The lowest BCUT2D eigenvalue weighted by Gasteiger charge is -2.19. The van der Waals surface area contributed by atoms with Gasteiger partial charge in [0.15, 0.2) is 6.54 Å². The monoisotopic (exact) mass is 333 g/mol. The van der Waals surface area contributed by atoms with Gasteiger partial charge in [-0.15, -0.1) is 0 Å². The number of nitrogens with two attached hydrogens (primary N) is 1. The number of benzene rings is 2. The lowest BCUT2D eigenvalue weighted by Crippen LogP contribution is -2.88. The van der Waals surface area contributed by atoms with Gasteiger partial charge in [0.25, 0.3) is 5.91 Å². The van der Waals surface area contributed by atoms with Crippen LogP contribution in [0, 0.1) is 17.6 Å².